The predicted molar refractivity (Wildman–Crippen MR) is 41.8 cm³/mol. The summed E-state index contributed by atoms with van der Waals surface area (Å²) in [4.78, 5) is 10.8. The number of hydrogen-bond acceptors (Lipinski definition) is 6. The average molecular weight is 194 g/mol. The first-order valence-electron chi connectivity index (χ1n) is 3.71. The van der Waals surface area contributed by atoms with Gasteiger partial charge in [-0.3, -0.25) is 4.79 Å². The number of carbonyl (C=O) groups excluding carboxylic acids is 1. The summed E-state index contributed by atoms with van der Waals surface area (Å²) in [5.74, 6) is -1.02. The lowest BCUT2D eigenvalue weighted by molar-refractivity contribution is -0.163. The highest BCUT2D eigenvalue weighted by atomic mass is 16.4. The maximum absolute atomic E-state index is 10.8. The Morgan fingerprint density at radius 1 is 1.38 bits per heavy atom. The highest BCUT2D eigenvalue weighted by Gasteiger charge is 2.41. The molecule has 0 heterocycles. The Labute approximate surface area is 75.1 Å². The van der Waals surface area contributed by atoms with E-state index in [1.807, 2.05) is 0 Å². The minimum absolute atomic E-state index is 0.782. The summed E-state index contributed by atoms with van der Waals surface area (Å²) in [6, 6.07) is 0. The zero-order valence-corrected chi connectivity index (χ0v) is 7.21. The number of carbonyl (C=O) groups is 1. The maximum atomic E-state index is 10.8. The molecule has 0 radical (unpaired) electrons. The van der Waals surface area contributed by atoms with Crippen LogP contribution < -0.4 is 0 Å². The van der Waals surface area contributed by atoms with Crippen molar-refractivity contribution in [2.24, 2.45) is 0 Å². The maximum Gasteiger partial charge on any atom is 0.192 e. The second kappa shape index (κ2) is 4.64. The molecule has 0 rings (SSSR count). The summed E-state index contributed by atoms with van der Waals surface area (Å²) < 4.78 is 0. The molecule has 13 heavy (non-hydrogen) atoms. The largest absolute Gasteiger partial charge is 0.394 e. The van der Waals surface area contributed by atoms with Crippen LogP contribution in [0.5, 0.6) is 0 Å². The summed E-state index contributed by atoms with van der Waals surface area (Å²) >= 11 is 0. The van der Waals surface area contributed by atoms with Crippen LogP contribution in [0, 0.1) is 0 Å². The van der Waals surface area contributed by atoms with Crippen LogP contribution in [-0.2, 0) is 4.79 Å². The normalized spacial score (nSPS) is 20.5. The molecule has 3 atom stereocenters. The third kappa shape index (κ3) is 2.71. The second-order valence-electron chi connectivity index (χ2n) is 2.92. The van der Waals surface area contributed by atoms with Crippen LogP contribution in [-0.4, -0.2) is 62.3 Å². The quantitative estimate of drug-likeness (QED) is 0.318. The van der Waals surface area contributed by atoms with Gasteiger partial charge < -0.3 is 25.5 Å². The topological polar surface area (TPSA) is 118 Å². The van der Waals surface area contributed by atoms with Gasteiger partial charge in [-0.1, -0.05) is 0 Å². The lowest BCUT2D eigenvalue weighted by atomic mass is 9.91. The lowest BCUT2D eigenvalue weighted by Gasteiger charge is -2.29. The highest BCUT2D eigenvalue weighted by molar-refractivity contribution is 5.88. The van der Waals surface area contributed by atoms with Crippen molar-refractivity contribution in [2.75, 3.05) is 13.2 Å². The molecule has 0 aromatic carbocycles. The molecule has 5 N–H and O–H groups in total. The van der Waals surface area contributed by atoms with Crippen molar-refractivity contribution in [3.05, 3.63) is 0 Å². The van der Waals surface area contributed by atoms with Gasteiger partial charge in [0.1, 0.15) is 18.8 Å². The average Bonchev–Trinajstić information content (AvgIpc) is 2.13. The van der Waals surface area contributed by atoms with E-state index < -0.39 is 36.8 Å². The van der Waals surface area contributed by atoms with Crippen LogP contribution in [0.2, 0.25) is 0 Å². The molecule has 0 saturated carbocycles. The molecule has 0 aliphatic rings. The molecule has 0 spiro atoms. The summed E-state index contributed by atoms with van der Waals surface area (Å²) in [6.07, 6.45) is -3.44. The van der Waals surface area contributed by atoms with E-state index >= 15 is 0 Å². The Balaban J connectivity index is 4.52. The number of hydrogen-bond donors (Lipinski definition) is 5. The third-order valence-electron chi connectivity index (χ3n) is 1.84. The first-order chi connectivity index (χ1) is 5.87. The van der Waals surface area contributed by atoms with E-state index in [-0.39, 0.29) is 0 Å². The molecule has 0 aliphatic carbocycles. The van der Waals surface area contributed by atoms with E-state index in [0.29, 0.717) is 0 Å². The molecule has 0 saturated heterocycles. The van der Waals surface area contributed by atoms with E-state index in [1.54, 1.807) is 0 Å². The molecule has 0 unspecified atom stereocenters. The third-order valence-corrected chi connectivity index (χ3v) is 1.84. The molecule has 6 nitrogen and oxygen atoms in total. The number of Topliss-reactive ketones (excluding diaryl/α,β-unsaturated/α-hetero) is 1. The van der Waals surface area contributed by atoms with Gasteiger partial charge in [0.05, 0.1) is 6.61 Å². The Hall–Kier alpha value is -0.530. The fourth-order valence-corrected chi connectivity index (χ4v) is 0.799. The summed E-state index contributed by atoms with van der Waals surface area (Å²) in [5, 5.41) is 44.2. The summed E-state index contributed by atoms with van der Waals surface area (Å²) in [7, 11) is 0. The highest BCUT2D eigenvalue weighted by Crippen LogP contribution is 2.14. The first kappa shape index (κ1) is 12.5. The van der Waals surface area contributed by atoms with Gasteiger partial charge >= 0.3 is 0 Å². The van der Waals surface area contributed by atoms with Gasteiger partial charge in [-0.05, 0) is 6.92 Å². The van der Waals surface area contributed by atoms with E-state index in [4.69, 9.17) is 20.4 Å². The second-order valence-corrected chi connectivity index (χ2v) is 2.92. The van der Waals surface area contributed by atoms with Crippen LogP contribution in [0.4, 0.5) is 0 Å². The van der Waals surface area contributed by atoms with Crippen LogP contribution >= 0.6 is 0 Å². The van der Waals surface area contributed by atoms with Gasteiger partial charge in [0, 0.05) is 0 Å². The standard InChI is InChI=1S/C7H14O6/c1-7(13,5(11)3-9)6(12)4(10)2-8/h4,6,8-10,12-13H,2-3H2,1H3/t4-,6-,7-/m1/s1. The smallest absolute Gasteiger partial charge is 0.192 e. The van der Waals surface area contributed by atoms with Crippen LogP contribution in [0.1, 0.15) is 6.92 Å². The Morgan fingerprint density at radius 3 is 2.15 bits per heavy atom. The molecule has 6 heteroatoms. The van der Waals surface area contributed by atoms with Gasteiger partial charge in [-0.2, -0.15) is 0 Å². The fourth-order valence-electron chi connectivity index (χ4n) is 0.799. The van der Waals surface area contributed by atoms with Gasteiger partial charge in [0.25, 0.3) is 0 Å². The zero-order chi connectivity index (χ0) is 10.6. The van der Waals surface area contributed by atoms with Crippen molar-refractivity contribution in [3.8, 4) is 0 Å². The van der Waals surface area contributed by atoms with Gasteiger partial charge in [0.15, 0.2) is 11.4 Å². The minimum atomic E-state index is -2.25. The summed E-state index contributed by atoms with van der Waals surface area (Å²) in [6.45, 7) is -0.771. The van der Waals surface area contributed by atoms with E-state index in [9.17, 15) is 9.90 Å². The van der Waals surface area contributed by atoms with E-state index in [0.717, 1.165) is 6.92 Å². The monoisotopic (exact) mass is 194 g/mol. The molecule has 0 aromatic rings. The van der Waals surface area contributed by atoms with Crippen molar-refractivity contribution in [1.29, 1.82) is 0 Å². The van der Waals surface area contributed by atoms with Crippen molar-refractivity contribution in [2.45, 2.75) is 24.7 Å². The lowest BCUT2D eigenvalue weighted by Crippen LogP contribution is -2.54. The summed E-state index contributed by atoms with van der Waals surface area (Å²) in [5.41, 5.74) is -2.25. The van der Waals surface area contributed by atoms with E-state index in [2.05, 4.69) is 0 Å². The minimum Gasteiger partial charge on any atom is -0.394 e. The Morgan fingerprint density at radius 2 is 1.85 bits per heavy atom. The number of ketones is 1. The molecule has 78 valence electrons. The van der Waals surface area contributed by atoms with Crippen molar-refractivity contribution in [1.82, 2.24) is 0 Å². The van der Waals surface area contributed by atoms with E-state index in [1.165, 1.54) is 0 Å². The molecular formula is C7H14O6. The molecular weight excluding hydrogens is 180 g/mol. The Bertz CT molecular complexity index is 178. The van der Waals surface area contributed by atoms with Gasteiger partial charge in [-0.15, -0.1) is 0 Å². The van der Waals surface area contributed by atoms with Gasteiger partial charge in [0.2, 0.25) is 0 Å². The number of aliphatic hydroxyl groups is 5. The molecule has 0 fully saturated rings. The van der Waals surface area contributed by atoms with Crippen LogP contribution in [0.3, 0.4) is 0 Å². The van der Waals surface area contributed by atoms with Crippen molar-refractivity contribution < 1.29 is 30.3 Å². The Kier molecular flexibility index (Phi) is 4.45. The molecule has 0 bridgehead atoms. The van der Waals surface area contributed by atoms with Crippen LogP contribution in [0.15, 0.2) is 0 Å². The zero-order valence-electron chi connectivity index (χ0n) is 7.21. The number of aliphatic hydroxyl groups excluding tert-OH is 4. The predicted octanol–water partition coefficient (Wildman–Crippen LogP) is -2.99. The molecule has 0 amide bonds. The SMILES string of the molecule is C[C@@](O)(C(=O)CO)[C@H](O)[C@H](O)CO. The van der Waals surface area contributed by atoms with Crippen molar-refractivity contribution >= 4 is 5.78 Å². The van der Waals surface area contributed by atoms with Gasteiger partial charge in [-0.25, -0.2) is 0 Å². The van der Waals surface area contributed by atoms with Crippen LogP contribution in [0.25, 0.3) is 0 Å². The first-order valence-corrected chi connectivity index (χ1v) is 3.71. The molecule has 0 aliphatic heterocycles. The fraction of sp³-hybridized carbons (Fsp3) is 0.857. The number of rotatable bonds is 5. The molecule has 0 aromatic heterocycles. The van der Waals surface area contributed by atoms with Crippen molar-refractivity contribution in [3.63, 3.8) is 0 Å².